The molecule has 0 fully saturated rings. The molecule has 30 heavy (non-hydrogen) atoms. The fourth-order valence-electron chi connectivity index (χ4n) is 3.26. The van der Waals surface area contributed by atoms with Gasteiger partial charge in [-0.05, 0) is 45.2 Å². The van der Waals surface area contributed by atoms with Crippen molar-refractivity contribution in [1.82, 2.24) is 34.8 Å². The molecule has 0 aliphatic heterocycles. The van der Waals surface area contributed by atoms with Crippen molar-refractivity contribution in [2.45, 2.75) is 33.5 Å². The van der Waals surface area contributed by atoms with Crippen LogP contribution in [0.25, 0.3) is 11.2 Å². The molecule has 0 aliphatic rings. The van der Waals surface area contributed by atoms with Crippen LogP contribution in [0.5, 0.6) is 0 Å². The summed E-state index contributed by atoms with van der Waals surface area (Å²) in [6, 6.07) is 11.9. The number of H-pyrrole nitrogens is 1. The minimum Gasteiger partial charge on any atom is -0.382 e. The van der Waals surface area contributed by atoms with Gasteiger partial charge in [-0.1, -0.05) is 12.1 Å². The second-order valence-electron chi connectivity index (χ2n) is 7.38. The Morgan fingerprint density at radius 1 is 0.900 bits per heavy atom. The third-order valence-electron chi connectivity index (χ3n) is 4.60. The van der Waals surface area contributed by atoms with Crippen molar-refractivity contribution < 1.29 is 0 Å². The molecule has 0 saturated carbocycles. The number of fused-ring (bicyclic) bond motifs is 1. The normalized spacial score (nSPS) is 11.3. The summed E-state index contributed by atoms with van der Waals surface area (Å²) >= 11 is 0. The third-order valence-corrected chi connectivity index (χ3v) is 4.60. The molecule has 0 radical (unpaired) electrons. The van der Waals surface area contributed by atoms with Gasteiger partial charge in [0.25, 0.3) is 0 Å². The summed E-state index contributed by atoms with van der Waals surface area (Å²) in [5.74, 6) is 1.57. The molecule has 0 atom stereocenters. The molecule has 4 N–H and O–H groups in total. The first kappa shape index (κ1) is 19.7. The van der Waals surface area contributed by atoms with Gasteiger partial charge in [-0.15, -0.1) is 0 Å². The van der Waals surface area contributed by atoms with E-state index >= 15 is 0 Å². The van der Waals surface area contributed by atoms with E-state index in [4.69, 9.17) is 5.73 Å². The molecule has 0 aliphatic carbocycles. The van der Waals surface area contributed by atoms with Crippen LogP contribution in [0.4, 0.5) is 11.8 Å². The van der Waals surface area contributed by atoms with Gasteiger partial charge in [0.15, 0.2) is 11.5 Å². The molecule has 4 aromatic heterocycles. The number of anilines is 2. The number of nitrogen functional groups attached to an aromatic ring is 1. The number of imidazole rings is 1. The number of aryl methyl sites for hydroxylation is 2. The first-order valence-electron chi connectivity index (χ1n) is 9.76. The minimum absolute atomic E-state index is 0.362. The summed E-state index contributed by atoms with van der Waals surface area (Å²) in [4.78, 5) is 27.8. The number of nitrogens with two attached hydrogens (primary N) is 1. The fourth-order valence-corrected chi connectivity index (χ4v) is 3.26. The van der Waals surface area contributed by atoms with Crippen LogP contribution in [0.15, 0.2) is 36.4 Å². The van der Waals surface area contributed by atoms with Crippen molar-refractivity contribution in [2.75, 3.05) is 18.1 Å². The number of aromatic amines is 1. The smallest absolute Gasteiger partial charge is 0.227 e. The lowest BCUT2D eigenvalue weighted by atomic mass is 10.3. The largest absolute Gasteiger partial charge is 0.382 e. The average molecular weight is 403 g/mol. The van der Waals surface area contributed by atoms with Crippen LogP contribution in [-0.4, -0.2) is 41.9 Å². The predicted octanol–water partition coefficient (Wildman–Crippen LogP) is 2.59. The maximum atomic E-state index is 6.13. The molecule has 0 unspecified atom stereocenters. The van der Waals surface area contributed by atoms with Gasteiger partial charge >= 0.3 is 0 Å². The molecule has 0 saturated heterocycles. The van der Waals surface area contributed by atoms with Gasteiger partial charge in [0.1, 0.15) is 11.3 Å². The quantitative estimate of drug-likeness (QED) is 0.430. The van der Waals surface area contributed by atoms with Crippen molar-refractivity contribution in [1.29, 1.82) is 0 Å². The Bertz CT molecular complexity index is 1170. The van der Waals surface area contributed by atoms with Crippen molar-refractivity contribution in [3.8, 4) is 0 Å². The van der Waals surface area contributed by atoms with Crippen LogP contribution < -0.4 is 11.1 Å². The lowest BCUT2D eigenvalue weighted by Gasteiger charge is -2.14. The van der Waals surface area contributed by atoms with Gasteiger partial charge in [0.05, 0.1) is 24.5 Å². The summed E-state index contributed by atoms with van der Waals surface area (Å²) in [6.07, 6.45) is 0. The van der Waals surface area contributed by atoms with Gasteiger partial charge in [-0.3, -0.25) is 14.9 Å². The zero-order valence-corrected chi connectivity index (χ0v) is 17.3. The minimum atomic E-state index is 0.362. The highest BCUT2D eigenvalue weighted by Crippen LogP contribution is 2.18. The molecule has 0 amide bonds. The van der Waals surface area contributed by atoms with Gasteiger partial charge in [0.2, 0.25) is 5.95 Å². The van der Waals surface area contributed by atoms with E-state index in [0.717, 1.165) is 35.1 Å². The van der Waals surface area contributed by atoms with Crippen LogP contribution in [-0.2, 0) is 19.6 Å². The lowest BCUT2D eigenvalue weighted by Crippen LogP contribution is -2.18. The molecule has 154 valence electrons. The lowest BCUT2D eigenvalue weighted by molar-refractivity contribution is 0.308. The highest BCUT2D eigenvalue weighted by atomic mass is 15.2. The number of nitrogens with one attached hydrogen (secondary N) is 2. The number of rotatable bonds is 7. The molecule has 9 nitrogen and oxygen atoms in total. The molecule has 0 aromatic carbocycles. The van der Waals surface area contributed by atoms with Crippen molar-refractivity contribution in [2.24, 2.45) is 0 Å². The summed E-state index contributed by atoms with van der Waals surface area (Å²) in [5, 5.41) is 3.17. The number of pyridine rings is 2. The number of aromatic nitrogens is 6. The standard InChI is InChI=1S/C21H25N9/c1-13-6-4-8-15(24-13)10-23-21-28-19(22)18-20(29-21)27-17(26-18)12-30(3)11-16-9-5-7-14(2)25-16/h4-9H,10-12H2,1-3H3,(H4,22,23,26,27,28,29). The molecule has 4 aromatic rings. The van der Waals surface area contributed by atoms with Crippen LogP contribution >= 0.6 is 0 Å². The second kappa shape index (κ2) is 8.42. The number of hydrogen-bond acceptors (Lipinski definition) is 8. The molecular weight excluding hydrogens is 378 g/mol. The molecular formula is C21H25N9. The predicted molar refractivity (Wildman–Crippen MR) is 117 cm³/mol. The molecule has 0 bridgehead atoms. The highest BCUT2D eigenvalue weighted by Gasteiger charge is 2.13. The Hall–Kier alpha value is -3.59. The Kier molecular flexibility index (Phi) is 5.53. The first-order chi connectivity index (χ1) is 14.5. The molecule has 4 rings (SSSR count). The van der Waals surface area contributed by atoms with E-state index in [1.54, 1.807) is 0 Å². The van der Waals surface area contributed by atoms with E-state index in [1.165, 1.54) is 0 Å². The van der Waals surface area contributed by atoms with Gasteiger partial charge < -0.3 is 16.0 Å². The molecule has 4 heterocycles. The second-order valence-corrected chi connectivity index (χ2v) is 7.38. The van der Waals surface area contributed by atoms with Gasteiger partial charge in [-0.2, -0.15) is 9.97 Å². The Morgan fingerprint density at radius 3 is 2.33 bits per heavy atom. The maximum Gasteiger partial charge on any atom is 0.227 e. The van der Waals surface area contributed by atoms with Crippen LogP contribution in [0.3, 0.4) is 0 Å². The fraction of sp³-hybridized carbons (Fsp3) is 0.286. The van der Waals surface area contributed by atoms with E-state index in [2.05, 4.69) is 40.1 Å². The molecule has 0 spiro atoms. The Balaban J connectivity index is 1.46. The SMILES string of the molecule is Cc1cccc(CNc2nc(N)c3[nH]c(CN(C)Cc4cccc(C)n4)nc3n2)n1. The van der Waals surface area contributed by atoms with E-state index < -0.39 is 0 Å². The summed E-state index contributed by atoms with van der Waals surface area (Å²) in [6.45, 7) is 5.79. The third kappa shape index (κ3) is 4.69. The topological polar surface area (TPSA) is 122 Å². The number of nitrogens with zero attached hydrogens (tertiary/aromatic N) is 6. The zero-order chi connectivity index (χ0) is 21.1. The van der Waals surface area contributed by atoms with E-state index in [9.17, 15) is 0 Å². The van der Waals surface area contributed by atoms with Gasteiger partial charge in [-0.25, -0.2) is 4.98 Å². The average Bonchev–Trinajstić information content (AvgIpc) is 3.09. The summed E-state index contributed by atoms with van der Waals surface area (Å²) < 4.78 is 0. The zero-order valence-electron chi connectivity index (χ0n) is 17.3. The van der Waals surface area contributed by atoms with E-state index in [0.29, 0.717) is 36.0 Å². The Labute approximate surface area is 174 Å². The highest BCUT2D eigenvalue weighted by molar-refractivity contribution is 5.82. The Morgan fingerprint density at radius 2 is 1.60 bits per heavy atom. The van der Waals surface area contributed by atoms with E-state index in [1.807, 2.05) is 57.3 Å². The van der Waals surface area contributed by atoms with Crippen LogP contribution in [0.1, 0.15) is 28.6 Å². The molecule has 9 heteroatoms. The van der Waals surface area contributed by atoms with Crippen molar-refractivity contribution in [3.05, 3.63) is 65.0 Å². The van der Waals surface area contributed by atoms with Crippen molar-refractivity contribution >= 4 is 22.9 Å². The summed E-state index contributed by atoms with van der Waals surface area (Å²) in [7, 11) is 2.02. The first-order valence-corrected chi connectivity index (χ1v) is 9.76. The summed E-state index contributed by atoms with van der Waals surface area (Å²) in [5.41, 5.74) is 11.2. The van der Waals surface area contributed by atoms with Crippen LogP contribution in [0.2, 0.25) is 0 Å². The van der Waals surface area contributed by atoms with Gasteiger partial charge in [0, 0.05) is 17.9 Å². The van der Waals surface area contributed by atoms with E-state index in [-0.39, 0.29) is 0 Å². The maximum absolute atomic E-state index is 6.13. The van der Waals surface area contributed by atoms with Crippen LogP contribution in [0, 0.1) is 13.8 Å². The van der Waals surface area contributed by atoms with Crippen molar-refractivity contribution in [3.63, 3.8) is 0 Å². The monoisotopic (exact) mass is 403 g/mol. The number of hydrogen-bond donors (Lipinski definition) is 3.